The molecule has 0 radical (unpaired) electrons. The Labute approximate surface area is 109 Å². The molecule has 0 amide bonds. The number of hydrogen-bond acceptors (Lipinski definition) is 4. The van der Waals surface area contributed by atoms with E-state index in [-0.39, 0.29) is 6.10 Å². The summed E-state index contributed by atoms with van der Waals surface area (Å²) in [6.45, 7) is 2.22. The summed E-state index contributed by atoms with van der Waals surface area (Å²) in [5.74, 6) is 1.63. The van der Waals surface area contributed by atoms with Gasteiger partial charge in [0.2, 0.25) is 0 Å². The predicted molar refractivity (Wildman–Crippen MR) is 68.5 cm³/mol. The summed E-state index contributed by atoms with van der Waals surface area (Å²) in [5, 5.41) is 9.26. The molecule has 1 N–H and O–H groups in total. The SMILES string of the molecule is COc1cc(CN2CC(O)C2)c(OC)cc1Br. The van der Waals surface area contributed by atoms with E-state index in [1.807, 2.05) is 12.1 Å². The second-order valence-corrected chi connectivity index (χ2v) is 5.00. The molecule has 1 fully saturated rings. The molecule has 4 nitrogen and oxygen atoms in total. The van der Waals surface area contributed by atoms with Crippen molar-refractivity contribution in [3.8, 4) is 11.5 Å². The van der Waals surface area contributed by atoms with Crippen molar-refractivity contribution < 1.29 is 14.6 Å². The van der Waals surface area contributed by atoms with Crippen LogP contribution in [0.5, 0.6) is 11.5 Å². The largest absolute Gasteiger partial charge is 0.496 e. The molecule has 1 aromatic carbocycles. The van der Waals surface area contributed by atoms with Gasteiger partial charge in [-0.25, -0.2) is 0 Å². The number of rotatable bonds is 4. The van der Waals surface area contributed by atoms with Gasteiger partial charge in [0.1, 0.15) is 11.5 Å². The van der Waals surface area contributed by atoms with Gasteiger partial charge in [-0.1, -0.05) is 0 Å². The minimum Gasteiger partial charge on any atom is -0.496 e. The van der Waals surface area contributed by atoms with E-state index in [0.717, 1.165) is 41.2 Å². The molecular formula is C12H16BrNO3. The fourth-order valence-corrected chi connectivity index (χ4v) is 2.44. The molecule has 1 heterocycles. The highest BCUT2D eigenvalue weighted by Gasteiger charge is 2.25. The van der Waals surface area contributed by atoms with Crippen LogP contribution in [0.4, 0.5) is 0 Å². The van der Waals surface area contributed by atoms with Gasteiger partial charge in [-0.3, -0.25) is 4.90 Å². The summed E-state index contributed by atoms with van der Waals surface area (Å²) in [6.07, 6.45) is -0.182. The predicted octanol–water partition coefficient (Wildman–Crippen LogP) is 1.64. The first kappa shape index (κ1) is 12.7. The Kier molecular flexibility index (Phi) is 3.91. The molecule has 0 aliphatic carbocycles. The van der Waals surface area contributed by atoms with E-state index in [9.17, 15) is 5.11 Å². The lowest BCUT2D eigenvalue weighted by molar-refractivity contribution is -0.00324. The normalized spacial score (nSPS) is 16.7. The number of aliphatic hydroxyl groups excluding tert-OH is 1. The topological polar surface area (TPSA) is 41.9 Å². The molecule has 0 unspecified atom stereocenters. The molecule has 0 atom stereocenters. The highest BCUT2D eigenvalue weighted by atomic mass is 79.9. The molecule has 0 aromatic heterocycles. The van der Waals surface area contributed by atoms with E-state index in [2.05, 4.69) is 20.8 Å². The number of aliphatic hydroxyl groups is 1. The maximum atomic E-state index is 9.26. The lowest BCUT2D eigenvalue weighted by Gasteiger charge is -2.36. The summed E-state index contributed by atoms with van der Waals surface area (Å²) in [5.41, 5.74) is 1.07. The van der Waals surface area contributed by atoms with E-state index in [1.165, 1.54) is 0 Å². The Balaban J connectivity index is 2.18. The lowest BCUT2D eigenvalue weighted by atomic mass is 10.1. The van der Waals surface area contributed by atoms with E-state index in [1.54, 1.807) is 14.2 Å². The Bertz CT molecular complexity index is 405. The second kappa shape index (κ2) is 5.25. The highest BCUT2D eigenvalue weighted by molar-refractivity contribution is 9.10. The second-order valence-electron chi connectivity index (χ2n) is 4.15. The van der Waals surface area contributed by atoms with Crippen LogP contribution in [-0.4, -0.2) is 43.4 Å². The number of methoxy groups -OCH3 is 2. The Hall–Kier alpha value is -0.780. The monoisotopic (exact) mass is 301 g/mol. The first-order chi connectivity index (χ1) is 8.13. The van der Waals surface area contributed by atoms with Crippen LogP contribution in [0.15, 0.2) is 16.6 Å². The van der Waals surface area contributed by atoms with Crippen molar-refractivity contribution in [1.82, 2.24) is 4.90 Å². The minimum atomic E-state index is -0.182. The van der Waals surface area contributed by atoms with Gasteiger partial charge in [0.15, 0.2) is 0 Å². The van der Waals surface area contributed by atoms with Gasteiger partial charge in [-0.05, 0) is 28.1 Å². The third-order valence-corrected chi connectivity index (χ3v) is 3.51. The van der Waals surface area contributed by atoms with Gasteiger partial charge < -0.3 is 14.6 Å². The quantitative estimate of drug-likeness (QED) is 0.918. The maximum absolute atomic E-state index is 9.26. The smallest absolute Gasteiger partial charge is 0.133 e. The Morgan fingerprint density at radius 3 is 2.47 bits per heavy atom. The fourth-order valence-electron chi connectivity index (χ4n) is 1.96. The van der Waals surface area contributed by atoms with Gasteiger partial charge in [-0.2, -0.15) is 0 Å². The van der Waals surface area contributed by atoms with Gasteiger partial charge in [0, 0.05) is 25.2 Å². The summed E-state index contributed by atoms with van der Waals surface area (Å²) in [6, 6.07) is 3.87. The van der Waals surface area contributed by atoms with Crippen LogP contribution in [0.3, 0.4) is 0 Å². The third kappa shape index (κ3) is 2.73. The van der Waals surface area contributed by atoms with Crippen LogP contribution < -0.4 is 9.47 Å². The molecule has 0 spiro atoms. The fraction of sp³-hybridized carbons (Fsp3) is 0.500. The first-order valence-corrected chi connectivity index (χ1v) is 6.24. The molecule has 1 aromatic rings. The molecule has 1 aliphatic heterocycles. The molecule has 17 heavy (non-hydrogen) atoms. The summed E-state index contributed by atoms with van der Waals surface area (Å²) >= 11 is 3.43. The van der Waals surface area contributed by atoms with Gasteiger partial charge in [-0.15, -0.1) is 0 Å². The first-order valence-electron chi connectivity index (χ1n) is 5.45. The number of benzene rings is 1. The summed E-state index contributed by atoms with van der Waals surface area (Å²) in [7, 11) is 3.30. The highest BCUT2D eigenvalue weighted by Crippen LogP contribution is 2.33. The van der Waals surface area contributed by atoms with Gasteiger partial charge in [0.05, 0.1) is 24.8 Å². The number of ether oxygens (including phenoxy) is 2. The van der Waals surface area contributed by atoms with Crippen molar-refractivity contribution in [1.29, 1.82) is 0 Å². The number of likely N-dealkylation sites (tertiary alicyclic amines) is 1. The number of halogens is 1. The molecule has 2 rings (SSSR count). The number of nitrogens with zero attached hydrogens (tertiary/aromatic N) is 1. The zero-order valence-electron chi connectivity index (χ0n) is 9.94. The van der Waals surface area contributed by atoms with Crippen molar-refractivity contribution in [2.24, 2.45) is 0 Å². The number of hydrogen-bond donors (Lipinski definition) is 1. The number of β-amino-alcohol motifs (C(OH)–C–C–N with tert-alkyl or cyclic N) is 1. The lowest BCUT2D eigenvalue weighted by Crippen LogP contribution is -2.49. The zero-order chi connectivity index (χ0) is 12.4. The van der Waals surface area contributed by atoms with Crippen molar-refractivity contribution in [2.75, 3.05) is 27.3 Å². The van der Waals surface area contributed by atoms with E-state index in [0.29, 0.717) is 0 Å². The summed E-state index contributed by atoms with van der Waals surface area (Å²) in [4.78, 5) is 2.16. The van der Waals surface area contributed by atoms with Crippen LogP contribution in [-0.2, 0) is 6.54 Å². The molecular weight excluding hydrogens is 286 g/mol. The average molecular weight is 302 g/mol. The van der Waals surface area contributed by atoms with Crippen molar-refractivity contribution in [2.45, 2.75) is 12.6 Å². The van der Waals surface area contributed by atoms with Crippen molar-refractivity contribution in [3.05, 3.63) is 22.2 Å². The van der Waals surface area contributed by atoms with E-state index >= 15 is 0 Å². The zero-order valence-corrected chi connectivity index (χ0v) is 11.5. The molecule has 0 bridgehead atoms. The van der Waals surface area contributed by atoms with Gasteiger partial charge >= 0.3 is 0 Å². The third-order valence-electron chi connectivity index (χ3n) is 2.89. The maximum Gasteiger partial charge on any atom is 0.133 e. The molecule has 94 valence electrons. The Morgan fingerprint density at radius 2 is 1.94 bits per heavy atom. The average Bonchev–Trinajstić information content (AvgIpc) is 2.28. The van der Waals surface area contributed by atoms with Crippen LogP contribution in [0.1, 0.15) is 5.56 Å². The molecule has 0 saturated carbocycles. The van der Waals surface area contributed by atoms with E-state index in [4.69, 9.17) is 9.47 Å². The molecule has 5 heteroatoms. The minimum absolute atomic E-state index is 0.182. The van der Waals surface area contributed by atoms with Crippen LogP contribution in [0.25, 0.3) is 0 Å². The van der Waals surface area contributed by atoms with Crippen LogP contribution in [0, 0.1) is 0 Å². The Morgan fingerprint density at radius 1 is 1.29 bits per heavy atom. The summed E-state index contributed by atoms with van der Waals surface area (Å²) < 4.78 is 11.5. The van der Waals surface area contributed by atoms with E-state index < -0.39 is 0 Å². The van der Waals surface area contributed by atoms with Gasteiger partial charge in [0.25, 0.3) is 0 Å². The van der Waals surface area contributed by atoms with Crippen molar-refractivity contribution in [3.63, 3.8) is 0 Å². The van der Waals surface area contributed by atoms with Crippen LogP contribution >= 0.6 is 15.9 Å². The van der Waals surface area contributed by atoms with Crippen LogP contribution in [0.2, 0.25) is 0 Å². The standard InChI is InChI=1S/C12H16BrNO3/c1-16-11-4-10(13)12(17-2)3-8(11)5-14-6-9(15)7-14/h3-4,9,15H,5-7H2,1-2H3. The van der Waals surface area contributed by atoms with Crippen molar-refractivity contribution >= 4 is 15.9 Å². The molecule has 1 saturated heterocycles. The molecule has 1 aliphatic rings.